The lowest BCUT2D eigenvalue weighted by Gasteiger charge is -2.24. The zero-order valence-electron chi connectivity index (χ0n) is 11.3. The molecule has 0 amide bonds. The van der Waals surface area contributed by atoms with Crippen molar-refractivity contribution in [3.63, 3.8) is 0 Å². The van der Waals surface area contributed by atoms with Crippen LogP contribution in [0.2, 0.25) is 0 Å². The zero-order chi connectivity index (χ0) is 13.4. The van der Waals surface area contributed by atoms with Gasteiger partial charge in [-0.3, -0.25) is 4.90 Å². The molecule has 0 bridgehead atoms. The number of aliphatic hydroxyl groups is 1. The molecule has 0 saturated carbocycles. The van der Waals surface area contributed by atoms with E-state index in [-0.39, 0.29) is 12.0 Å². The van der Waals surface area contributed by atoms with Crippen molar-refractivity contribution < 1.29 is 5.11 Å². The molecule has 0 aliphatic carbocycles. The van der Waals surface area contributed by atoms with Crippen molar-refractivity contribution in [1.29, 1.82) is 5.26 Å². The smallest absolute Gasteiger partial charge is 0.0684 e. The molecule has 0 heterocycles. The summed E-state index contributed by atoms with van der Waals surface area (Å²) in [4.78, 5) is 2.19. The molecule has 1 rings (SSSR count). The number of nitrogens with zero attached hydrogens (tertiary/aromatic N) is 2. The highest BCUT2D eigenvalue weighted by molar-refractivity contribution is 5.14. The molecule has 98 valence electrons. The Kier molecular flexibility index (Phi) is 5.84. The third-order valence-electron chi connectivity index (χ3n) is 3.02. The predicted molar refractivity (Wildman–Crippen MR) is 72.8 cm³/mol. The highest BCUT2D eigenvalue weighted by Gasteiger charge is 2.18. The Balaban J connectivity index is 2.53. The lowest BCUT2D eigenvalue weighted by Crippen LogP contribution is -2.30. The predicted octanol–water partition coefficient (Wildman–Crippen LogP) is 2.42. The standard InChI is InChI=1S/C15H22N2O/c1-15(2,13-16)8-9-17(10-11-18)12-14-6-4-3-5-7-14/h3-7,18H,8-12H2,1-2H3. The summed E-state index contributed by atoms with van der Waals surface area (Å²) in [5.41, 5.74) is 0.936. The Bertz CT molecular complexity index is 381. The van der Waals surface area contributed by atoms with Crippen molar-refractivity contribution in [3.05, 3.63) is 35.9 Å². The molecular formula is C15H22N2O. The fourth-order valence-corrected chi connectivity index (χ4v) is 1.75. The Morgan fingerprint density at radius 1 is 1.22 bits per heavy atom. The third kappa shape index (κ3) is 5.31. The van der Waals surface area contributed by atoms with E-state index in [4.69, 9.17) is 10.4 Å². The normalized spacial score (nSPS) is 11.5. The third-order valence-corrected chi connectivity index (χ3v) is 3.02. The molecule has 3 heteroatoms. The summed E-state index contributed by atoms with van der Waals surface area (Å²) in [6, 6.07) is 12.5. The highest BCUT2D eigenvalue weighted by atomic mass is 16.3. The van der Waals surface area contributed by atoms with Gasteiger partial charge in [-0.1, -0.05) is 30.3 Å². The van der Waals surface area contributed by atoms with E-state index in [2.05, 4.69) is 23.1 Å². The number of benzene rings is 1. The molecule has 0 unspecified atom stereocenters. The van der Waals surface area contributed by atoms with Gasteiger partial charge in [0.1, 0.15) is 0 Å². The number of nitriles is 1. The minimum Gasteiger partial charge on any atom is -0.395 e. The topological polar surface area (TPSA) is 47.3 Å². The number of hydrogen-bond acceptors (Lipinski definition) is 3. The Labute approximate surface area is 110 Å². The fourth-order valence-electron chi connectivity index (χ4n) is 1.75. The summed E-state index contributed by atoms with van der Waals surface area (Å²) in [5.74, 6) is 0. The van der Waals surface area contributed by atoms with Crippen LogP contribution in [-0.2, 0) is 6.54 Å². The van der Waals surface area contributed by atoms with Crippen LogP contribution in [-0.4, -0.2) is 29.7 Å². The van der Waals surface area contributed by atoms with Crippen molar-refractivity contribution in [2.24, 2.45) is 5.41 Å². The van der Waals surface area contributed by atoms with E-state index < -0.39 is 0 Å². The number of hydrogen-bond donors (Lipinski definition) is 1. The first-order valence-corrected chi connectivity index (χ1v) is 6.36. The van der Waals surface area contributed by atoms with Gasteiger partial charge in [0.05, 0.1) is 18.1 Å². The van der Waals surface area contributed by atoms with Gasteiger partial charge in [-0.05, 0) is 25.8 Å². The van der Waals surface area contributed by atoms with Crippen molar-refractivity contribution >= 4 is 0 Å². The summed E-state index contributed by atoms with van der Waals surface area (Å²) in [7, 11) is 0. The van der Waals surface area contributed by atoms with Crippen LogP contribution >= 0.6 is 0 Å². The first-order valence-electron chi connectivity index (χ1n) is 6.36. The van der Waals surface area contributed by atoms with E-state index in [9.17, 15) is 0 Å². The molecule has 0 aliphatic rings. The van der Waals surface area contributed by atoms with E-state index in [1.807, 2.05) is 32.0 Å². The van der Waals surface area contributed by atoms with Gasteiger partial charge < -0.3 is 5.11 Å². The maximum atomic E-state index is 9.09. The minimum atomic E-state index is -0.301. The summed E-state index contributed by atoms with van der Waals surface area (Å²) in [6.45, 7) is 6.36. The quantitative estimate of drug-likeness (QED) is 0.803. The van der Waals surface area contributed by atoms with Crippen LogP contribution in [0.5, 0.6) is 0 Å². The Morgan fingerprint density at radius 2 is 1.89 bits per heavy atom. The fraction of sp³-hybridized carbons (Fsp3) is 0.533. The lowest BCUT2D eigenvalue weighted by atomic mass is 9.91. The van der Waals surface area contributed by atoms with Crippen LogP contribution in [0.25, 0.3) is 0 Å². The second-order valence-corrected chi connectivity index (χ2v) is 5.23. The Hall–Kier alpha value is -1.37. The van der Waals surface area contributed by atoms with Crippen LogP contribution in [0, 0.1) is 16.7 Å². The van der Waals surface area contributed by atoms with Crippen LogP contribution in [0.4, 0.5) is 0 Å². The number of aliphatic hydroxyl groups excluding tert-OH is 1. The van der Waals surface area contributed by atoms with E-state index in [1.165, 1.54) is 5.56 Å². The maximum absolute atomic E-state index is 9.09. The van der Waals surface area contributed by atoms with E-state index in [0.29, 0.717) is 6.54 Å². The van der Waals surface area contributed by atoms with Crippen LogP contribution in [0.15, 0.2) is 30.3 Å². The first kappa shape index (κ1) is 14.7. The zero-order valence-corrected chi connectivity index (χ0v) is 11.3. The van der Waals surface area contributed by atoms with Crippen LogP contribution in [0.3, 0.4) is 0 Å². The molecule has 1 aromatic carbocycles. The molecule has 0 aliphatic heterocycles. The summed E-state index contributed by atoms with van der Waals surface area (Å²) < 4.78 is 0. The first-order chi connectivity index (χ1) is 8.57. The maximum Gasteiger partial charge on any atom is 0.0684 e. The second kappa shape index (κ2) is 7.15. The lowest BCUT2D eigenvalue weighted by molar-refractivity contribution is 0.177. The molecule has 18 heavy (non-hydrogen) atoms. The molecule has 0 aromatic heterocycles. The van der Waals surface area contributed by atoms with Gasteiger partial charge in [-0.2, -0.15) is 5.26 Å². The largest absolute Gasteiger partial charge is 0.395 e. The van der Waals surface area contributed by atoms with Gasteiger partial charge in [-0.25, -0.2) is 0 Å². The molecular weight excluding hydrogens is 224 g/mol. The summed E-state index contributed by atoms with van der Waals surface area (Å²) in [6.07, 6.45) is 0.816. The van der Waals surface area contributed by atoms with Crippen LogP contribution < -0.4 is 0 Å². The molecule has 0 radical (unpaired) electrons. The van der Waals surface area contributed by atoms with Crippen molar-refractivity contribution in [1.82, 2.24) is 4.90 Å². The Morgan fingerprint density at radius 3 is 2.44 bits per heavy atom. The molecule has 1 N–H and O–H groups in total. The summed E-state index contributed by atoms with van der Waals surface area (Å²) in [5, 5.41) is 18.1. The van der Waals surface area contributed by atoms with Gasteiger partial charge in [-0.15, -0.1) is 0 Å². The van der Waals surface area contributed by atoms with E-state index in [0.717, 1.165) is 19.5 Å². The van der Waals surface area contributed by atoms with Crippen molar-refractivity contribution in [2.45, 2.75) is 26.8 Å². The molecule has 0 atom stereocenters. The van der Waals surface area contributed by atoms with Crippen molar-refractivity contribution in [2.75, 3.05) is 19.7 Å². The van der Waals surface area contributed by atoms with E-state index >= 15 is 0 Å². The monoisotopic (exact) mass is 246 g/mol. The van der Waals surface area contributed by atoms with Gasteiger partial charge in [0.25, 0.3) is 0 Å². The van der Waals surface area contributed by atoms with Gasteiger partial charge >= 0.3 is 0 Å². The molecule has 1 aromatic rings. The SMILES string of the molecule is CC(C)(C#N)CCN(CCO)Cc1ccccc1. The van der Waals surface area contributed by atoms with E-state index in [1.54, 1.807) is 0 Å². The molecule has 3 nitrogen and oxygen atoms in total. The highest BCUT2D eigenvalue weighted by Crippen LogP contribution is 2.19. The molecule has 0 spiro atoms. The average Bonchev–Trinajstić information content (AvgIpc) is 2.38. The summed E-state index contributed by atoms with van der Waals surface area (Å²) >= 11 is 0. The van der Waals surface area contributed by atoms with Gasteiger partial charge in [0, 0.05) is 19.6 Å². The second-order valence-electron chi connectivity index (χ2n) is 5.23. The number of rotatable bonds is 7. The average molecular weight is 246 g/mol. The molecule has 0 fully saturated rings. The minimum absolute atomic E-state index is 0.153. The molecule has 0 saturated heterocycles. The van der Waals surface area contributed by atoms with Crippen molar-refractivity contribution in [3.8, 4) is 6.07 Å². The van der Waals surface area contributed by atoms with Crippen LogP contribution in [0.1, 0.15) is 25.8 Å². The van der Waals surface area contributed by atoms with Gasteiger partial charge in [0.15, 0.2) is 0 Å². The van der Waals surface area contributed by atoms with Gasteiger partial charge in [0.2, 0.25) is 0 Å².